The summed E-state index contributed by atoms with van der Waals surface area (Å²) in [5.74, 6) is 1.05. The summed E-state index contributed by atoms with van der Waals surface area (Å²) in [6, 6.07) is 13.4. The number of methoxy groups -OCH3 is 1. The lowest BCUT2D eigenvalue weighted by Gasteiger charge is -2.09. The maximum atomic E-state index is 12.4. The summed E-state index contributed by atoms with van der Waals surface area (Å²) in [4.78, 5) is 0.682. The third-order valence-corrected chi connectivity index (χ3v) is 4.59. The molecule has 2 rings (SSSR count). The zero-order valence-electron chi connectivity index (χ0n) is 11.8. The molecule has 0 saturated heterocycles. The fourth-order valence-corrected chi connectivity index (χ4v) is 3.21. The second kappa shape index (κ2) is 6.57. The van der Waals surface area contributed by atoms with Gasteiger partial charge in [0.15, 0.2) is 0 Å². The third kappa shape index (κ3) is 3.39. The van der Waals surface area contributed by atoms with Gasteiger partial charge in [0.25, 0.3) is 0 Å². The van der Waals surface area contributed by atoms with Gasteiger partial charge in [-0.15, -0.1) is 0 Å². The molecule has 106 valence electrons. The van der Waals surface area contributed by atoms with Crippen LogP contribution in [0.25, 0.3) is 0 Å². The number of aryl methyl sites for hydroxylation is 1. The lowest BCUT2D eigenvalue weighted by atomic mass is 10.1. The quantitative estimate of drug-likeness (QED) is 0.860. The van der Waals surface area contributed by atoms with Gasteiger partial charge in [-0.3, -0.25) is 4.21 Å². The number of nitrogens with two attached hydrogens (primary N) is 1. The van der Waals surface area contributed by atoms with Crippen molar-refractivity contribution < 1.29 is 8.95 Å². The van der Waals surface area contributed by atoms with E-state index in [0.29, 0.717) is 22.1 Å². The monoisotopic (exact) mass is 289 g/mol. The van der Waals surface area contributed by atoms with Crippen LogP contribution in [0.15, 0.2) is 47.4 Å². The van der Waals surface area contributed by atoms with Crippen LogP contribution >= 0.6 is 0 Å². The Morgan fingerprint density at radius 3 is 2.35 bits per heavy atom. The van der Waals surface area contributed by atoms with Crippen LogP contribution in [-0.2, 0) is 23.0 Å². The van der Waals surface area contributed by atoms with Gasteiger partial charge >= 0.3 is 0 Å². The minimum Gasteiger partial charge on any atom is -0.495 e. The fraction of sp³-hybridized carbons (Fsp3) is 0.250. The molecule has 0 aliphatic heterocycles. The molecular weight excluding hydrogens is 270 g/mol. The number of anilines is 1. The Balaban J connectivity index is 2.19. The van der Waals surface area contributed by atoms with Crippen LogP contribution in [0.4, 0.5) is 5.69 Å². The lowest BCUT2D eigenvalue weighted by Crippen LogP contribution is -2.00. The van der Waals surface area contributed by atoms with Gasteiger partial charge in [-0.25, -0.2) is 0 Å². The Hall–Kier alpha value is -1.81. The van der Waals surface area contributed by atoms with Crippen molar-refractivity contribution in [2.24, 2.45) is 0 Å². The van der Waals surface area contributed by atoms with Gasteiger partial charge in [0.1, 0.15) is 5.75 Å². The Bertz CT molecular complexity index is 608. The molecule has 0 aromatic heterocycles. The van der Waals surface area contributed by atoms with Crippen molar-refractivity contribution in [1.82, 2.24) is 0 Å². The molecule has 2 aromatic rings. The van der Waals surface area contributed by atoms with Crippen molar-refractivity contribution in [2.45, 2.75) is 24.0 Å². The fourth-order valence-electron chi connectivity index (χ4n) is 1.97. The highest BCUT2D eigenvalue weighted by molar-refractivity contribution is 7.84. The van der Waals surface area contributed by atoms with E-state index in [1.807, 2.05) is 12.1 Å². The average Bonchev–Trinajstić information content (AvgIpc) is 2.47. The topological polar surface area (TPSA) is 52.3 Å². The van der Waals surface area contributed by atoms with Crippen molar-refractivity contribution in [3.8, 4) is 5.75 Å². The molecule has 0 saturated carbocycles. The van der Waals surface area contributed by atoms with Crippen molar-refractivity contribution in [3.05, 3.63) is 53.6 Å². The molecular formula is C16H19NO2S. The summed E-state index contributed by atoms with van der Waals surface area (Å²) in [5.41, 5.74) is 8.65. The molecule has 0 bridgehead atoms. The summed E-state index contributed by atoms with van der Waals surface area (Å²) in [6.07, 6.45) is 1.01. The minimum atomic E-state index is -1.14. The zero-order valence-corrected chi connectivity index (χ0v) is 12.6. The highest BCUT2D eigenvalue weighted by Gasteiger charge is 2.11. The Morgan fingerprint density at radius 2 is 1.75 bits per heavy atom. The van der Waals surface area contributed by atoms with Gasteiger partial charge in [0, 0.05) is 11.8 Å². The Morgan fingerprint density at radius 1 is 1.10 bits per heavy atom. The molecule has 0 heterocycles. The van der Waals surface area contributed by atoms with Crippen LogP contribution in [0.1, 0.15) is 18.1 Å². The molecule has 0 amide bonds. The first-order valence-electron chi connectivity index (χ1n) is 6.53. The first kappa shape index (κ1) is 14.6. The van der Waals surface area contributed by atoms with Crippen LogP contribution in [0.2, 0.25) is 0 Å². The van der Waals surface area contributed by atoms with Gasteiger partial charge in [-0.1, -0.05) is 31.2 Å². The molecule has 1 atom stereocenters. The molecule has 0 fully saturated rings. The smallest absolute Gasteiger partial charge is 0.137 e. The maximum absolute atomic E-state index is 12.4. The molecule has 4 heteroatoms. The molecule has 3 nitrogen and oxygen atoms in total. The normalized spacial score (nSPS) is 12.1. The van der Waals surface area contributed by atoms with Gasteiger partial charge in [-0.2, -0.15) is 0 Å². The van der Waals surface area contributed by atoms with E-state index in [2.05, 4.69) is 19.1 Å². The van der Waals surface area contributed by atoms with Crippen molar-refractivity contribution >= 4 is 16.5 Å². The highest BCUT2D eigenvalue weighted by Crippen LogP contribution is 2.26. The van der Waals surface area contributed by atoms with Crippen LogP contribution in [0.5, 0.6) is 5.75 Å². The summed E-state index contributed by atoms with van der Waals surface area (Å²) in [6.45, 7) is 2.12. The van der Waals surface area contributed by atoms with Crippen LogP contribution < -0.4 is 10.5 Å². The highest BCUT2D eigenvalue weighted by atomic mass is 32.2. The van der Waals surface area contributed by atoms with E-state index >= 15 is 0 Å². The number of hydrogen-bond acceptors (Lipinski definition) is 3. The van der Waals surface area contributed by atoms with E-state index in [0.717, 1.165) is 12.0 Å². The predicted octanol–water partition coefficient (Wildman–Crippen LogP) is 3.15. The Kier molecular flexibility index (Phi) is 4.79. The van der Waals surface area contributed by atoms with Crippen LogP contribution in [0, 0.1) is 0 Å². The van der Waals surface area contributed by atoms with E-state index in [-0.39, 0.29) is 0 Å². The molecule has 0 radical (unpaired) electrons. The number of rotatable bonds is 5. The average molecular weight is 289 g/mol. The summed E-state index contributed by atoms with van der Waals surface area (Å²) >= 11 is 0. The van der Waals surface area contributed by atoms with E-state index < -0.39 is 10.8 Å². The van der Waals surface area contributed by atoms with Gasteiger partial charge in [0.05, 0.1) is 28.6 Å². The van der Waals surface area contributed by atoms with Crippen LogP contribution in [-0.4, -0.2) is 11.3 Å². The standard InChI is InChI=1S/C16H19NO2S/c1-3-12-4-6-13(7-5-12)11-20(18)16-9-8-14(17)10-15(16)19-2/h4-10H,3,11,17H2,1-2H3. The second-order valence-electron chi connectivity index (χ2n) is 4.57. The third-order valence-electron chi connectivity index (χ3n) is 3.16. The lowest BCUT2D eigenvalue weighted by molar-refractivity contribution is 0.404. The summed E-state index contributed by atoms with van der Waals surface area (Å²) < 4.78 is 17.7. The number of ether oxygens (including phenoxy) is 1. The SMILES string of the molecule is CCc1ccc(CS(=O)c2ccc(N)cc2OC)cc1. The van der Waals surface area contributed by atoms with E-state index in [4.69, 9.17) is 10.5 Å². The number of nitrogen functional groups attached to an aromatic ring is 1. The minimum absolute atomic E-state index is 0.476. The molecule has 0 spiro atoms. The van der Waals surface area contributed by atoms with Crippen molar-refractivity contribution in [1.29, 1.82) is 0 Å². The van der Waals surface area contributed by atoms with E-state index in [1.165, 1.54) is 5.56 Å². The predicted molar refractivity (Wildman–Crippen MR) is 83.3 cm³/mol. The summed E-state index contributed by atoms with van der Waals surface area (Å²) in [7, 11) is 0.418. The molecule has 20 heavy (non-hydrogen) atoms. The van der Waals surface area contributed by atoms with Crippen molar-refractivity contribution in [3.63, 3.8) is 0 Å². The largest absolute Gasteiger partial charge is 0.495 e. The van der Waals surface area contributed by atoms with E-state index in [9.17, 15) is 4.21 Å². The molecule has 0 aliphatic rings. The van der Waals surface area contributed by atoms with Gasteiger partial charge in [0.2, 0.25) is 0 Å². The zero-order chi connectivity index (χ0) is 14.5. The van der Waals surface area contributed by atoms with Crippen LogP contribution in [0.3, 0.4) is 0 Å². The maximum Gasteiger partial charge on any atom is 0.137 e. The first-order valence-corrected chi connectivity index (χ1v) is 7.85. The summed E-state index contributed by atoms with van der Waals surface area (Å²) in [5, 5.41) is 0. The van der Waals surface area contributed by atoms with E-state index in [1.54, 1.807) is 25.3 Å². The molecule has 2 N–H and O–H groups in total. The molecule has 2 aromatic carbocycles. The second-order valence-corrected chi connectivity index (χ2v) is 5.99. The molecule has 1 unspecified atom stereocenters. The number of hydrogen-bond donors (Lipinski definition) is 1. The Labute approximate surface area is 122 Å². The molecule has 0 aliphatic carbocycles. The first-order chi connectivity index (χ1) is 9.63. The van der Waals surface area contributed by atoms with Gasteiger partial charge < -0.3 is 10.5 Å². The van der Waals surface area contributed by atoms with Gasteiger partial charge in [-0.05, 0) is 29.7 Å². The number of benzene rings is 2. The van der Waals surface area contributed by atoms with Crippen molar-refractivity contribution in [2.75, 3.05) is 12.8 Å².